The third-order valence-electron chi connectivity index (χ3n) is 7.21. The van der Waals surface area contributed by atoms with Gasteiger partial charge in [0.15, 0.2) is 0 Å². The topological polar surface area (TPSA) is 77.1 Å². The lowest BCUT2D eigenvalue weighted by molar-refractivity contribution is -0.143. The predicted octanol–water partition coefficient (Wildman–Crippen LogP) is 2.00. The third-order valence-corrected chi connectivity index (χ3v) is 7.21. The molecule has 0 aromatic heterocycles. The molecule has 3 fully saturated rings. The number of carbonyl (C=O) groups is 2. The molecule has 7 heteroatoms. The molecule has 1 spiro atoms. The molecule has 2 amide bonds. The lowest BCUT2D eigenvalue weighted by Gasteiger charge is -2.41. The summed E-state index contributed by atoms with van der Waals surface area (Å²) in [5.41, 5.74) is 0.702. The highest BCUT2D eigenvalue weighted by atomic mass is 16.5. The Morgan fingerprint density at radius 2 is 1.93 bits per heavy atom. The Bertz CT molecular complexity index is 807. The van der Waals surface area contributed by atoms with Crippen LogP contribution in [0.25, 0.3) is 0 Å². The highest BCUT2D eigenvalue weighted by molar-refractivity contribution is 5.80. The summed E-state index contributed by atoms with van der Waals surface area (Å²) in [7, 11) is 0. The van der Waals surface area contributed by atoms with Crippen molar-refractivity contribution in [2.45, 2.75) is 62.1 Å². The Labute approximate surface area is 177 Å². The molecule has 2 bridgehead atoms. The number of ether oxygens (including phenoxy) is 3. The maximum absolute atomic E-state index is 13.1. The molecule has 6 rings (SSSR count). The molecule has 4 aliphatic heterocycles. The largest absolute Gasteiger partial charge is 0.493 e. The minimum Gasteiger partial charge on any atom is -0.493 e. The van der Waals surface area contributed by atoms with Gasteiger partial charge < -0.3 is 24.4 Å². The molecule has 1 saturated carbocycles. The first-order valence-electron chi connectivity index (χ1n) is 11.2. The first kappa shape index (κ1) is 19.8. The van der Waals surface area contributed by atoms with Crippen LogP contribution in [0.4, 0.5) is 0 Å². The van der Waals surface area contributed by atoms with Crippen LogP contribution in [0.3, 0.4) is 0 Å². The number of carbonyl (C=O) groups excluding carboxylic acids is 2. The number of hydrogen-bond acceptors (Lipinski definition) is 5. The fourth-order valence-corrected chi connectivity index (χ4v) is 5.59. The monoisotopic (exact) mass is 414 g/mol. The number of nitrogens with one attached hydrogen (secondary N) is 1. The zero-order valence-corrected chi connectivity index (χ0v) is 17.3. The van der Waals surface area contributed by atoms with Crippen molar-refractivity contribution in [1.29, 1.82) is 0 Å². The second-order valence-electron chi connectivity index (χ2n) is 8.99. The molecule has 4 heterocycles. The van der Waals surface area contributed by atoms with Crippen molar-refractivity contribution in [3.8, 4) is 5.75 Å². The molecule has 1 aromatic carbocycles. The van der Waals surface area contributed by atoms with E-state index >= 15 is 0 Å². The Kier molecular flexibility index (Phi) is 5.41. The van der Waals surface area contributed by atoms with E-state index in [0.29, 0.717) is 45.1 Å². The first-order chi connectivity index (χ1) is 14.6. The summed E-state index contributed by atoms with van der Waals surface area (Å²) in [6.07, 6.45) is 5.32. The van der Waals surface area contributed by atoms with Crippen LogP contribution >= 0.6 is 0 Å². The van der Waals surface area contributed by atoms with E-state index in [-0.39, 0.29) is 30.6 Å². The van der Waals surface area contributed by atoms with Crippen LogP contribution in [0.15, 0.2) is 24.3 Å². The van der Waals surface area contributed by atoms with Gasteiger partial charge in [-0.2, -0.15) is 0 Å². The Balaban J connectivity index is 1.40. The fourth-order valence-electron chi connectivity index (χ4n) is 5.59. The molecule has 2 atom stereocenters. The van der Waals surface area contributed by atoms with Crippen molar-refractivity contribution >= 4 is 11.8 Å². The lowest BCUT2D eigenvalue weighted by atomic mass is 9.82. The van der Waals surface area contributed by atoms with Crippen LogP contribution in [0.2, 0.25) is 0 Å². The maximum Gasteiger partial charge on any atom is 0.246 e. The SMILES string of the molecule is O=C1COC[C@]2(CCN3C(=O)CCOc4ccccc4[C@H]4CC[C@H](CC4)OC[C@@H]32)N1. The van der Waals surface area contributed by atoms with E-state index in [1.54, 1.807) is 0 Å². The number of morpholine rings is 1. The van der Waals surface area contributed by atoms with Gasteiger partial charge in [0.1, 0.15) is 12.4 Å². The molecule has 1 aromatic rings. The van der Waals surface area contributed by atoms with E-state index in [0.717, 1.165) is 31.4 Å². The molecule has 5 aliphatic rings. The van der Waals surface area contributed by atoms with Gasteiger partial charge in [0.05, 0.1) is 43.9 Å². The lowest BCUT2D eigenvalue weighted by Crippen LogP contribution is -2.65. The Morgan fingerprint density at radius 3 is 2.77 bits per heavy atom. The van der Waals surface area contributed by atoms with E-state index < -0.39 is 5.54 Å². The summed E-state index contributed by atoms with van der Waals surface area (Å²) in [5, 5.41) is 3.13. The van der Waals surface area contributed by atoms with E-state index in [2.05, 4.69) is 17.4 Å². The predicted molar refractivity (Wildman–Crippen MR) is 109 cm³/mol. The third kappa shape index (κ3) is 3.69. The average Bonchev–Trinajstić information content (AvgIpc) is 3.09. The van der Waals surface area contributed by atoms with Crippen molar-refractivity contribution in [3.05, 3.63) is 29.8 Å². The normalized spacial score (nSPS) is 34.7. The molecule has 1 N–H and O–H groups in total. The summed E-state index contributed by atoms with van der Waals surface area (Å²) < 4.78 is 18.0. The number of nitrogens with zero attached hydrogens (tertiary/aromatic N) is 1. The number of hydrogen-bond donors (Lipinski definition) is 1. The van der Waals surface area contributed by atoms with Gasteiger partial charge in [-0.3, -0.25) is 9.59 Å². The fraction of sp³-hybridized carbons (Fsp3) is 0.652. The van der Waals surface area contributed by atoms with Crippen LogP contribution in [0.1, 0.15) is 50.0 Å². The molecular formula is C23H30N2O5. The smallest absolute Gasteiger partial charge is 0.246 e. The van der Waals surface area contributed by atoms with Gasteiger partial charge in [0, 0.05) is 6.54 Å². The van der Waals surface area contributed by atoms with Crippen molar-refractivity contribution in [2.75, 3.05) is 33.0 Å². The number of fused-ring (bicyclic) bond motifs is 6. The van der Waals surface area contributed by atoms with Gasteiger partial charge in [0.25, 0.3) is 0 Å². The summed E-state index contributed by atoms with van der Waals surface area (Å²) in [4.78, 5) is 27.0. The standard InChI is InChI=1S/C23H30N2O5/c26-21-14-28-15-23(24-21)10-11-25-20(23)13-30-17-7-5-16(6-8-17)18-3-1-2-4-19(18)29-12-9-22(25)27/h1-4,16-17,20H,5-15H2,(H,24,26)/t16-,17+,20-,23+/m1/s1. The van der Waals surface area contributed by atoms with Gasteiger partial charge in [0.2, 0.25) is 11.8 Å². The molecule has 7 nitrogen and oxygen atoms in total. The Hall–Kier alpha value is -2.12. The van der Waals surface area contributed by atoms with Crippen LogP contribution in [-0.2, 0) is 19.1 Å². The molecule has 0 unspecified atom stereocenters. The average molecular weight is 415 g/mol. The van der Waals surface area contributed by atoms with Gasteiger partial charge in [-0.05, 0) is 49.7 Å². The van der Waals surface area contributed by atoms with Crippen LogP contribution in [0, 0.1) is 0 Å². The van der Waals surface area contributed by atoms with E-state index in [1.807, 2.05) is 17.0 Å². The molecular weight excluding hydrogens is 384 g/mol. The van der Waals surface area contributed by atoms with E-state index in [4.69, 9.17) is 14.2 Å². The Morgan fingerprint density at radius 1 is 1.10 bits per heavy atom. The van der Waals surface area contributed by atoms with Crippen LogP contribution in [0.5, 0.6) is 5.75 Å². The molecule has 30 heavy (non-hydrogen) atoms. The van der Waals surface area contributed by atoms with E-state index in [1.165, 1.54) is 5.56 Å². The van der Waals surface area contributed by atoms with Gasteiger partial charge in [-0.15, -0.1) is 0 Å². The highest BCUT2D eigenvalue weighted by Crippen LogP contribution is 2.39. The van der Waals surface area contributed by atoms with Crippen molar-refractivity contribution in [2.24, 2.45) is 0 Å². The number of amides is 2. The summed E-state index contributed by atoms with van der Waals surface area (Å²) in [6.45, 7) is 1.89. The highest BCUT2D eigenvalue weighted by Gasteiger charge is 2.52. The number of benzene rings is 1. The van der Waals surface area contributed by atoms with Gasteiger partial charge >= 0.3 is 0 Å². The van der Waals surface area contributed by atoms with Crippen LogP contribution in [-0.4, -0.2) is 67.4 Å². The van der Waals surface area contributed by atoms with E-state index in [9.17, 15) is 9.59 Å². The summed E-state index contributed by atoms with van der Waals surface area (Å²) >= 11 is 0. The van der Waals surface area contributed by atoms with Gasteiger partial charge in [-0.1, -0.05) is 18.2 Å². The first-order valence-corrected chi connectivity index (χ1v) is 11.2. The van der Waals surface area contributed by atoms with Crippen molar-refractivity contribution in [3.63, 3.8) is 0 Å². The quantitative estimate of drug-likeness (QED) is 0.703. The maximum atomic E-state index is 13.1. The summed E-state index contributed by atoms with van der Waals surface area (Å²) in [5.74, 6) is 1.30. The molecule has 1 aliphatic carbocycles. The zero-order valence-electron chi connectivity index (χ0n) is 17.3. The van der Waals surface area contributed by atoms with Gasteiger partial charge in [-0.25, -0.2) is 0 Å². The molecule has 162 valence electrons. The summed E-state index contributed by atoms with van der Waals surface area (Å²) in [6, 6.07) is 8.01. The second-order valence-corrected chi connectivity index (χ2v) is 8.99. The van der Waals surface area contributed by atoms with Crippen LogP contribution < -0.4 is 10.1 Å². The second kappa shape index (κ2) is 8.19. The van der Waals surface area contributed by atoms with Crippen molar-refractivity contribution < 1.29 is 23.8 Å². The van der Waals surface area contributed by atoms with Crippen molar-refractivity contribution in [1.82, 2.24) is 10.2 Å². The number of para-hydroxylation sites is 1. The molecule has 0 radical (unpaired) electrons. The zero-order chi connectivity index (χ0) is 20.6. The minimum absolute atomic E-state index is 0.0417. The molecule has 2 saturated heterocycles. The minimum atomic E-state index is -0.549. The number of rotatable bonds is 0.